The van der Waals surface area contributed by atoms with Gasteiger partial charge in [0.15, 0.2) is 5.82 Å². The van der Waals surface area contributed by atoms with Crippen molar-refractivity contribution < 1.29 is 18.4 Å². The van der Waals surface area contributed by atoms with E-state index in [1.165, 1.54) is 0 Å². The third kappa shape index (κ3) is 5.56. The van der Waals surface area contributed by atoms with E-state index in [-0.39, 0.29) is 17.7 Å². The largest absolute Gasteiger partial charge is 0.382 e. The Morgan fingerprint density at radius 1 is 1.17 bits per heavy atom. The number of halogens is 3. The fourth-order valence-corrected chi connectivity index (χ4v) is 8.79. The van der Waals surface area contributed by atoms with Crippen molar-refractivity contribution >= 4 is 44.8 Å². The van der Waals surface area contributed by atoms with Crippen LogP contribution in [0.3, 0.4) is 0 Å². The first-order chi connectivity index (χ1) is 19.7. The maximum absolute atomic E-state index is 14.7. The summed E-state index contributed by atoms with van der Waals surface area (Å²) in [5.41, 5.74) is 3.14. The predicted octanol–water partition coefficient (Wildman–Crippen LogP) is 9.72. The fraction of sp³-hybridized carbons (Fsp3) is 0.500. The lowest BCUT2D eigenvalue weighted by Crippen LogP contribution is -2.47. The number of thiazole rings is 1. The van der Waals surface area contributed by atoms with E-state index in [0.29, 0.717) is 51.9 Å². The van der Waals surface area contributed by atoms with Gasteiger partial charge in [-0.05, 0) is 74.3 Å². The molecule has 0 N–H and O–H groups in total. The molecule has 0 amide bonds. The van der Waals surface area contributed by atoms with Crippen LogP contribution in [0.1, 0.15) is 79.7 Å². The molecule has 2 saturated carbocycles. The molecule has 2 aromatic heterocycles. The average Bonchev–Trinajstić information content (AvgIpc) is 3.55. The van der Waals surface area contributed by atoms with Gasteiger partial charge in [0.1, 0.15) is 17.0 Å². The number of aryl methyl sites for hydroxylation is 1. The van der Waals surface area contributed by atoms with E-state index in [2.05, 4.69) is 19.0 Å². The number of hydrogen-bond acceptors (Lipinski definition) is 6. The number of fused-ring (bicyclic) bond motifs is 1. The first kappa shape index (κ1) is 29.1. The van der Waals surface area contributed by atoms with Crippen LogP contribution in [-0.2, 0) is 16.1 Å². The molecule has 0 spiro atoms. The maximum atomic E-state index is 14.7. The molecular weight excluding hydrogens is 582 g/mol. The molecule has 0 saturated heterocycles. The van der Waals surface area contributed by atoms with Gasteiger partial charge in [0.25, 0.3) is 0 Å². The molecule has 0 aliphatic heterocycles. The van der Waals surface area contributed by atoms with Gasteiger partial charge in [0.05, 0.1) is 38.6 Å². The van der Waals surface area contributed by atoms with Crippen molar-refractivity contribution in [1.29, 1.82) is 0 Å². The summed E-state index contributed by atoms with van der Waals surface area (Å²) >= 11 is 14.8. The molecule has 0 radical (unpaired) electrons. The molecule has 0 bridgehead atoms. The Balaban J connectivity index is 1.31. The monoisotopic (exact) mass is 616 g/mol. The lowest BCUT2D eigenvalue weighted by molar-refractivity contribution is -0.142. The van der Waals surface area contributed by atoms with Crippen molar-refractivity contribution in [3.63, 3.8) is 0 Å². The zero-order chi connectivity index (χ0) is 28.9. The fourth-order valence-electron chi connectivity index (χ4n) is 6.80. The van der Waals surface area contributed by atoms with Crippen LogP contribution in [-0.4, -0.2) is 29.5 Å². The van der Waals surface area contributed by atoms with E-state index in [4.69, 9.17) is 42.2 Å². The van der Waals surface area contributed by atoms with E-state index in [9.17, 15) is 4.39 Å². The minimum absolute atomic E-state index is 0.223. The molecular formula is C32H35Cl2FN2O3S. The van der Waals surface area contributed by atoms with Gasteiger partial charge in [-0.25, -0.2) is 9.37 Å². The van der Waals surface area contributed by atoms with Crippen LogP contribution in [0.5, 0.6) is 0 Å². The van der Waals surface area contributed by atoms with Crippen LogP contribution >= 0.6 is 34.5 Å². The molecule has 4 unspecified atom stereocenters. The van der Waals surface area contributed by atoms with E-state index >= 15 is 0 Å². The lowest BCUT2D eigenvalue weighted by Gasteiger charge is -2.47. The standard InChI is InChI=1S/C32H35Cl2FN2O3S/c1-5-19-14-32(16-38-4,13-18(3)26(19)31-36-29-24(35)11-17(2)12-25(29)41-31)39-15-21-28(37-40-30(21)20-9-10-20)27-22(33)7-6-8-23(27)34/h6-8,11-12,18-20,26H,5,9-10,13-16H2,1-4H3. The molecule has 9 heteroatoms. The third-order valence-electron chi connectivity index (χ3n) is 8.76. The highest BCUT2D eigenvalue weighted by atomic mass is 35.5. The van der Waals surface area contributed by atoms with Gasteiger partial charge >= 0.3 is 0 Å². The van der Waals surface area contributed by atoms with Gasteiger partial charge in [-0.1, -0.05) is 54.7 Å². The van der Waals surface area contributed by atoms with Crippen LogP contribution in [0.15, 0.2) is 34.9 Å². The van der Waals surface area contributed by atoms with Crippen molar-refractivity contribution in [3.05, 3.63) is 68.1 Å². The highest BCUT2D eigenvalue weighted by Gasteiger charge is 2.47. The topological polar surface area (TPSA) is 57.4 Å². The normalized spacial score (nSPS) is 24.8. The molecule has 4 aromatic rings. The molecule has 41 heavy (non-hydrogen) atoms. The summed E-state index contributed by atoms with van der Waals surface area (Å²) < 4.78 is 34.2. The molecule has 2 heterocycles. The SMILES string of the molecule is CCC1CC(COC)(OCc2c(-c3c(Cl)cccc3Cl)noc2C2CC2)CC(C)C1c1nc2c(F)cc(C)cc2s1. The van der Waals surface area contributed by atoms with Crippen molar-refractivity contribution in [2.24, 2.45) is 11.8 Å². The second-order valence-electron chi connectivity index (χ2n) is 11.9. The minimum atomic E-state index is -0.497. The highest BCUT2D eigenvalue weighted by molar-refractivity contribution is 7.18. The molecule has 218 valence electrons. The zero-order valence-corrected chi connectivity index (χ0v) is 26.1. The van der Waals surface area contributed by atoms with Crippen LogP contribution in [0.4, 0.5) is 4.39 Å². The summed E-state index contributed by atoms with van der Waals surface area (Å²) in [6.45, 7) is 7.20. The maximum Gasteiger partial charge on any atom is 0.150 e. The Hall–Kier alpha value is -2.03. The number of benzene rings is 2. The highest BCUT2D eigenvalue weighted by Crippen LogP contribution is 2.52. The number of aromatic nitrogens is 2. The van der Waals surface area contributed by atoms with E-state index in [0.717, 1.165) is 58.7 Å². The molecule has 2 aliphatic carbocycles. The Kier molecular flexibility index (Phi) is 8.20. The van der Waals surface area contributed by atoms with Gasteiger partial charge in [-0.2, -0.15) is 0 Å². The van der Waals surface area contributed by atoms with Gasteiger partial charge < -0.3 is 14.0 Å². The summed E-state index contributed by atoms with van der Waals surface area (Å²) in [7, 11) is 1.73. The smallest absolute Gasteiger partial charge is 0.150 e. The van der Waals surface area contributed by atoms with Crippen LogP contribution in [0.2, 0.25) is 10.0 Å². The number of nitrogens with zero attached hydrogens (tertiary/aromatic N) is 2. The Morgan fingerprint density at radius 2 is 1.93 bits per heavy atom. The third-order valence-corrected chi connectivity index (χ3v) is 10.5. The summed E-state index contributed by atoms with van der Waals surface area (Å²) in [4.78, 5) is 4.83. The number of ether oxygens (including phenoxy) is 2. The first-order valence-electron chi connectivity index (χ1n) is 14.4. The molecule has 2 aliphatic rings. The van der Waals surface area contributed by atoms with Crippen molar-refractivity contribution in [1.82, 2.24) is 10.1 Å². The quantitative estimate of drug-likeness (QED) is 0.187. The summed E-state index contributed by atoms with van der Waals surface area (Å²) in [6, 6.07) is 9.05. The predicted molar refractivity (Wildman–Crippen MR) is 163 cm³/mol. The van der Waals surface area contributed by atoms with E-state index in [1.807, 2.05) is 31.2 Å². The summed E-state index contributed by atoms with van der Waals surface area (Å²) in [5, 5.41) is 6.52. The van der Waals surface area contributed by atoms with Crippen LogP contribution < -0.4 is 0 Å². The van der Waals surface area contributed by atoms with Crippen molar-refractivity contribution in [2.75, 3.05) is 13.7 Å². The molecule has 2 fully saturated rings. The zero-order valence-electron chi connectivity index (χ0n) is 23.8. The van der Waals surface area contributed by atoms with Gasteiger partial charge in [-0.15, -0.1) is 11.3 Å². The van der Waals surface area contributed by atoms with E-state index in [1.54, 1.807) is 24.5 Å². The second kappa shape index (κ2) is 11.6. The van der Waals surface area contributed by atoms with Crippen molar-refractivity contribution in [2.45, 2.75) is 76.9 Å². The molecule has 6 rings (SSSR count). The Morgan fingerprint density at radius 3 is 2.61 bits per heavy atom. The second-order valence-corrected chi connectivity index (χ2v) is 13.8. The summed E-state index contributed by atoms with van der Waals surface area (Å²) in [5.74, 6) is 1.75. The average molecular weight is 618 g/mol. The number of methoxy groups -OCH3 is 1. The Bertz CT molecular complexity index is 1550. The molecule has 2 aromatic carbocycles. The van der Waals surface area contributed by atoms with Crippen LogP contribution in [0.25, 0.3) is 21.5 Å². The molecule has 4 atom stereocenters. The minimum Gasteiger partial charge on any atom is -0.382 e. The first-order valence-corrected chi connectivity index (χ1v) is 15.9. The van der Waals surface area contributed by atoms with Crippen LogP contribution in [0, 0.1) is 24.6 Å². The van der Waals surface area contributed by atoms with Gasteiger partial charge in [0, 0.05) is 30.1 Å². The van der Waals surface area contributed by atoms with Gasteiger partial charge in [0.2, 0.25) is 0 Å². The van der Waals surface area contributed by atoms with Crippen molar-refractivity contribution in [3.8, 4) is 11.3 Å². The number of hydrogen-bond donors (Lipinski definition) is 0. The lowest BCUT2D eigenvalue weighted by atomic mass is 9.65. The number of rotatable bonds is 9. The van der Waals surface area contributed by atoms with Gasteiger partial charge in [-0.3, -0.25) is 0 Å². The summed E-state index contributed by atoms with van der Waals surface area (Å²) in [6.07, 6.45) is 4.71. The molecule has 5 nitrogen and oxygen atoms in total. The Labute approximate surface area is 254 Å². The van der Waals surface area contributed by atoms with E-state index < -0.39 is 5.60 Å².